The number of nitrogens with two attached hydrogens (primary N) is 1. The molecule has 2 aromatic rings. The zero-order chi connectivity index (χ0) is 12.8. The Kier molecular flexibility index (Phi) is 4.20. The highest BCUT2D eigenvalue weighted by atomic mass is 16.3. The van der Waals surface area contributed by atoms with Gasteiger partial charge in [0.2, 0.25) is 0 Å². The first-order chi connectivity index (χ1) is 8.81. The van der Waals surface area contributed by atoms with Crippen molar-refractivity contribution in [1.29, 1.82) is 0 Å². The molecular formula is C15H18N2O. The van der Waals surface area contributed by atoms with E-state index in [4.69, 9.17) is 5.73 Å². The molecule has 0 saturated heterocycles. The Morgan fingerprint density at radius 2 is 1.61 bits per heavy atom. The molecule has 0 aliphatic rings. The van der Waals surface area contributed by atoms with Crippen molar-refractivity contribution in [2.24, 2.45) is 0 Å². The van der Waals surface area contributed by atoms with E-state index in [1.165, 1.54) is 5.56 Å². The van der Waals surface area contributed by atoms with Gasteiger partial charge in [-0.25, -0.2) is 0 Å². The second-order valence-electron chi connectivity index (χ2n) is 4.19. The van der Waals surface area contributed by atoms with Crippen molar-refractivity contribution in [3.63, 3.8) is 0 Å². The summed E-state index contributed by atoms with van der Waals surface area (Å²) in [5.41, 5.74) is 8.89. The molecule has 2 rings (SSSR count). The third-order valence-corrected chi connectivity index (χ3v) is 2.86. The van der Waals surface area contributed by atoms with Crippen LogP contribution in [0.1, 0.15) is 5.56 Å². The summed E-state index contributed by atoms with van der Waals surface area (Å²) in [6, 6.07) is 17.9. The maximum absolute atomic E-state index is 9.18. The fraction of sp³-hybridized carbons (Fsp3) is 0.200. The number of benzene rings is 2. The van der Waals surface area contributed by atoms with Gasteiger partial charge in [-0.05, 0) is 17.7 Å². The highest BCUT2D eigenvalue weighted by Crippen LogP contribution is 2.23. The fourth-order valence-corrected chi connectivity index (χ4v) is 1.98. The third-order valence-electron chi connectivity index (χ3n) is 2.86. The van der Waals surface area contributed by atoms with Crippen molar-refractivity contribution < 1.29 is 5.11 Å². The molecule has 2 aromatic carbocycles. The van der Waals surface area contributed by atoms with Crippen molar-refractivity contribution in [1.82, 2.24) is 0 Å². The molecule has 0 fully saturated rings. The van der Waals surface area contributed by atoms with Crippen LogP contribution in [0.3, 0.4) is 0 Å². The molecule has 0 amide bonds. The van der Waals surface area contributed by atoms with Gasteiger partial charge < -0.3 is 15.7 Å². The zero-order valence-electron chi connectivity index (χ0n) is 10.3. The number of anilines is 2. The molecule has 0 aliphatic heterocycles. The molecule has 0 spiro atoms. The van der Waals surface area contributed by atoms with Gasteiger partial charge in [0.1, 0.15) is 0 Å². The van der Waals surface area contributed by atoms with E-state index in [0.717, 1.165) is 17.9 Å². The standard InChI is InChI=1S/C15H18N2O/c16-14-8-4-5-9-15(14)17(10-11-18)12-13-6-2-1-3-7-13/h1-9,18H,10-12,16H2. The zero-order valence-corrected chi connectivity index (χ0v) is 10.3. The van der Waals surface area contributed by atoms with Crippen LogP contribution in [0.4, 0.5) is 11.4 Å². The molecule has 18 heavy (non-hydrogen) atoms. The van der Waals surface area contributed by atoms with Crippen LogP contribution < -0.4 is 10.6 Å². The topological polar surface area (TPSA) is 49.5 Å². The first-order valence-corrected chi connectivity index (χ1v) is 6.05. The largest absolute Gasteiger partial charge is 0.397 e. The monoisotopic (exact) mass is 242 g/mol. The maximum Gasteiger partial charge on any atom is 0.0606 e. The maximum atomic E-state index is 9.18. The third kappa shape index (κ3) is 3.02. The Balaban J connectivity index is 2.21. The summed E-state index contributed by atoms with van der Waals surface area (Å²) in [5.74, 6) is 0. The van der Waals surface area contributed by atoms with Gasteiger partial charge in [0, 0.05) is 13.1 Å². The molecule has 3 heteroatoms. The van der Waals surface area contributed by atoms with Crippen molar-refractivity contribution in [2.75, 3.05) is 23.8 Å². The fourth-order valence-electron chi connectivity index (χ4n) is 1.98. The Bertz CT molecular complexity index is 485. The molecule has 0 radical (unpaired) electrons. The number of hydrogen-bond donors (Lipinski definition) is 2. The summed E-state index contributed by atoms with van der Waals surface area (Å²) in [7, 11) is 0. The summed E-state index contributed by atoms with van der Waals surface area (Å²) in [6.07, 6.45) is 0. The van der Waals surface area contributed by atoms with Gasteiger partial charge in [0.15, 0.2) is 0 Å². The molecule has 3 N–H and O–H groups in total. The Morgan fingerprint density at radius 1 is 0.944 bits per heavy atom. The summed E-state index contributed by atoms with van der Waals surface area (Å²) in [6.45, 7) is 1.43. The minimum Gasteiger partial charge on any atom is -0.397 e. The molecule has 0 heterocycles. The van der Waals surface area contributed by atoms with Gasteiger partial charge in [0.25, 0.3) is 0 Å². The van der Waals surface area contributed by atoms with Crippen LogP contribution in [0.2, 0.25) is 0 Å². The van der Waals surface area contributed by atoms with E-state index in [2.05, 4.69) is 17.0 Å². The minimum absolute atomic E-state index is 0.112. The van der Waals surface area contributed by atoms with Crippen LogP contribution >= 0.6 is 0 Å². The lowest BCUT2D eigenvalue weighted by molar-refractivity contribution is 0.301. The van der Waals surface area contributed by atoms with Gasteiger partial charge in [0.05, 0.1) is 18.0 Å². The quantitative estimate of drug-likeness (QED) is 0.791. The Hall–Kier alpha value is -2.00. The normalized spacial score (nSPS) is 10.3. The van der Waals surface area contributed by atoms with E-state index < -0.39 is 0 Å². The van der Waals surface area contributed by atoms with Crippen molar-refractivity contribution in [2.45, 2.75) is 6.54 Å². The van der Waals surface area contributed by atoms with Crippen molar-refractivity contribution in [3.8, 4) is 0 Å². The van der Waals surface area contributed by atoms with Crippen LogP contribution in [-0.2, 0) is 6.54 Å². The highest BCUT2D eigenvalue weighted by molar-refractivity contribution is 5.67. The van der Waals surface area contributed by atoms with E-state index >= 15 is 0 Å². The first kappa shape index (κ1) is 12.5. The van der Waals surface area contributed by atoms with Crippen LogP contribution in [0, 0.1) is 0 Å². The van der Waals surface area contributed by atoms with Gasteiger partial charge in [-0.1, -0.05) is 42.5 Å². The summed E-state index contributed by atoms with van der Waals surface area (Å²) >= 11 is 0. The van der Waals surface area contributed by atoms with E-state index in [1.807, 2.05) is 42.5 Å². The highest BCUT2D eigenvalue weighted by Gasteiger charge is 2.09. The number of nitrogens with zero attached hydrogens (tertiary/aromatic N) is 1. The molecular weight excluding hydrogens is 224 g/mol. The second kappa shape index (κ2) is 6.07. The lowest BCUT2D eigenvalue weighted by atomic mass is 10.2. The van der Waals surface area contributed by atoms with Gasteiger partial charge >= 0.3 is 0 Å². The van der Waals surface area contributed by atoms with Crippen molar-refractivity contribution in [3.05, 3.63) is 60.2 Å². The summed E-state index contributed by atoms with van der Waals surface area (Å²) < 4.78 is 0. The predicted molar refractivity (Wildman–Crippen MR) is 75.4 cm³/mol. The number of nitrogen functional groups attached to an aromatic ring is 1. The number of aliphatic hydroxyl groups excluding tert-OH is 1. The van der Waals surface area contributed by atoms with Crippen LogP contribution in [0.15, 0.2) is 54.6 Å². The Labute approximate surface area is 107 Å². The molecule has 0 aromatic heterocycles. The van der Waals surface area contributed by atoms with Crippen LogP contribution in [0.5, 0.6) is 0 Å². The van der Waals surface area contributed by atoms with E-state index in [9.17, 15) is 5.11 Å². The molecule has 0 atom stereocenters. The second-order valence-corrected chi connectivity index (χ2v) is 4.19. The minimum atomic E-state index is 0.112. The number of hydrogen-bond acceptors (Lipinski definition) is 3. The van der Waals surface area contributed by atoms with E-state index in [0.29, 0.717) is 6.54 Å². The van der Waals surface area contributed by atoms with Gasteiger partial charge in [-0.2, -0.15) is 0 Å². The van der Waals surface area contributed by atoms with Crippen LogP contribution in [-0.4, -0.2) is 18.3 Å². The SMILES string of the molecule is Nc1ccccc1N(CCO)Cc1ccccc1. The molecule has 94 valence electrons. The number of para-hydroxylation sites is 2. The van der Waals surface area contributed by atoms with Crippen LogP contribution in [0.25, 0.3) is 0 Å². The predicted octanol–water partition coefficient (Wildman–Crippen LogP) is 2.27. The average molecular weight is 242 g/mol. The van der Waals surface area contributed by atoms with Crippen molar-refractivity contribution >= 4 is 11.4 Å². The van der Waals surface area contributed by atoms with E-state index in [1.54, 1.807) is 0 Å². The number of rotatable bonds is 5. The van der Waals surface area contributed by atoms with Gasteiger partial charge in [-0.3, -0.25) is 0 Å². The first-order valence-electron chi connectivity index (χ1n) is 6.05. The number of aliphatic hydroxyl groups is 1. The Morgan fingerprint density at radius 3 is 2.28 bits per heavy atom. The molecule has 0 unspecified atom stereocenters. The van der Waals surface area contributed by atoms with E-state index in [-0.39, 0.29) is 6.61 Å². The molecule has 0 bridgehead atoms. The lowest BCUT2D eigenvalue weighted by Crippen LogP contribution is -2.26. The lowest BCUT2D eigenvalue weighted by Gasteiger charge is -2.25. The summed E-state index contributed by atoms with van der Waals surface area (Å²) in [4.78, 5) is 2.09. The molecule has 3 nitrogen and oxygen atoms in total. The smallest absolute Gasteiger partial charge is 0.0606 e. The average Bonchev–Trinajstić information content (AvgIpc) is 2.40. The van der Waals surface area contributed by atoms with Gasteiger partial charge in [-0.15, -0.1) is 0 Å². The summed E-state index contributed by atoms with van der Waals surface area (Å²) in [5, 5.41) is 9.18. The molecule has 0 saturated carbocycles. The molecule has 0 aliphatic carbocycles.